The summed E-state index contributed by atoms with van der Waals surface area (Å²) in [6.07, 6.45) is 8.95. The molecule has 2 N–H and O–H groups in total. The van der Waals surface area contributed by atoms with Gasteiger partial charge in [0.2, 0.25) is 0 Å². The summed E-state index contributed by atoms with van der Waals surface area (Å²) in [6, 6.07) is 0.325. The van der Waals surface area contributed by atoms with E-state index >= 15 is 0 Å². The second-order valence-electron chi connectivity index (χ2n) is 2.37. The topological polar surface area (TPSA) is 35.9 Å². The van der Waals surface area contributed by atoms with Crippen LogP contribution in [0.15, 0.2) is 24.9 Å². The lowest BCUT2D eigenvalue weighted by Crippen LogP contribution is -2.16. The Labute approximate surface area is 68.5 Å². The Morgan fingerprint density at radius 1 is 1.55 bits per heavy atom. The van der Waals surface area contributed by atoms with Crippen LogP contribution in [0.5, 0.6) is 0 Å². The van der Waals surface area contributed by atoms with Crippen molar-refractivity contribution in [1.29, 1.82) is 5.41 Å². The van der Waals surface area contributed by atoms with Gasteiger partial charge in [-0.1, -0.05) is 12.2 Å². The summed E-state index contributed by atoms with van der Waals surface area (Å²) in [4.78, 5) is 0. The Bertz CT molecular complexity index is 138. The van der Waals surface area contributed by atoms with E-state index in [1.807, 2.05) is 25.3 Å². The van der Waals surface area contributed by atoms with E-state index in [1.54, 1.807) is 0 Å². The van der Waals surface area contributed by atoms with Crippen molar-refractivity contribution in [3.8, 4) is 0 Å². The molecule has 2 nitrogen and oxygen atoms in total. The predicted octanol–water partition coefficient (Wildman–Crippen LogP) is 2.09. The Hall–Kier alpha value is -1.05. The first-order valence-electron chi connectivity index (χ1n) is 3.83. The fourth-order valence-electron chi connectivity index (χ4n) is 0.551. The fourth-order valence-corrected chi connectivity index (χ4v) is 0.551. The molecular formula is C9H16N2. The molecule has 0 saturated carbocycles. The van der Waals surface area contributed by atoms with Crippen molar-refractivity contribution < 1.29 is 0 Å². The first-order valence-corrected chi connectivity index (χ1v) is 3.83. The summed E-state index contributed by atoms with van der Waals surface area (Å²) < 4.78 is 0. The molecule has 11 heavy (non-hydrogen) atoms. The SMILES string of the molecule is C=CC(C)N/C=C/CCC=N. The van der Waals surface area contributed by atoms with Crippen molar-refractivity contribution in [1.82, 2.24) is 5.32 Å². The van der Waals surface area contributed by atoms with Gasteiger partial charge in [-0.15, -0.1) is 6.58 Å². The number of rotatable bonds is 6. The molecule has 0 aliphatic heterocycles. The van der Waals surface area contributed by atoms with Crippen LogP contribution in [0, 0.1) is 5.41 Å². The van der Waals surface area contributed by atoms with Crippen molar-refractivity contribution >= 4 is 6.21 Å². The van der Waals surface area contributed by atoms with Crippen LogP contribution in [-0.2, 0) is 0 Å². The maximum Gasteiger partial charge on any atom is 0.0407 e. The number of allylic oxidation sites excluding steroid dienone is 1. The Morgan fingerprint density at radius 3 is 2.82 bits per heavy atom. The predicted molar refractivity (Wildman–Crippen MR) is 50.0 cm³/mol. The van der Waals surface area contributed by atoms with Crippen molar-refractivity contribution in [2.24, 2.45) is 0 Å². The zero-order valence-corrected chi connectivity index (χ0v) is 7.01. The monoisotopic (exact) mass is 152 g/mol. The van der Waals surface area contributed by atoms with E-state index in [0.717, 1.165) is 12.8 Å². The molecular weight excluding hydrogens is 136 g/mol. The van der Waals surface area contributed by atoms with E-state index in [-0.39, 0.29) is 0 Å². The van der Waals surface area contributed by atoms with Crippen LogP contribution in [0.25, 0.3) is 0 Å². The van der Waals surface area contributed by atoms with Gasteiger partial charge < -0.3 is 10.7 Å². The summed E-state index contributed by atoms with van der Waals surface area (Å²) in [5.41, 5.74) is 0. The van der Waals surface area contributed by atoms with E-state index in [1.165, 1.54) is 6.21 Å². The highest BCUT2D eigenvalue weighted by Gasteiger charge is 1.85. The average molecular weight is 152 g/mol. The molecule has 0 aliphatic carbocycles. The second-order valence-corrected chi connectivity index (χ2v) is 2.37. The molecule has 0 rings (SSSR count). The molecule has 0 aromatic carbocycles. The zero-order chi connectivity index (χ0) is 8.53. The van der Waals surface area contributed by atoms with E-state index < -0.39 is 0 Å². The van der Waals surface area contributed by atoms with Gasteiger partial charge in [-0.25, -0.2) is 0 Å². The quantitative estimate of drug-likeness (QED) is 0.341. The second kappa shape index (κ2) is 7.06. The molecule has 0 heterocycles. The van der Waals surface area contributed by atoms with Gasteiger partial charge in [-0.05, 0) is 32.2 Å². The van der Waals surface area contributed by atoms with Gasteiger partial charge in [0.15, 0.2) is 0 Å². The highest BCUT2D eigenvalue weighted by Crippen LogP contribution is 1.86. The Morgan fingerprint density at radius 2 is 2.27 bits per heavy atom. The molecule has 0 amide bonds. The van der Waals surface area contributed by atoms with E-state index in [0.29, 0.717) is 6.04 Å². The van der Waals surface area contributed by atoms with Crippen LogP contribution in [0.1, 0.15) is 19.8 Å². The van der Waals surface area contributed by atoms with Crippen molar-refractivity contribution in [2.45, 2.75) is 25.8 Å². The molecule has 2 heteroatoms. The average Bonchev–Trinajstić information content (AvgIpc) is 2.04. The molecule has 0 spiro atoms. The van der Waals surface area contributed by atoms with Crippen LogP contribution in [0.3, 0.4) is 0 Å². The molecule has 0 aromatic heterocycles. The lowest BCUT2D eigenvalue weighted by Gasteiger charge is -2.03. The zero-order valence-electron chi connectivity index (χ0n) is 7.01. The number of hydrogen-bond donors (Lipinski definition) is 2. The summed E-state index contributed by atoms with van der Waals surface area (Å²) in [5, 5.41) is 9.88. The lowest BCUT2D eigenvalue weighted by atomic mass is 10.3. The minimum Gasteiger partial charge on any atom is -0.385 e. The lowest BCUT2D eigenvalue weighted by molar-refractivity contribution is 0.768. The van der Waals surface area contributed by atoms with Crippen LogP contribution in [0.2, 0.25) is 0 Å². The molecule has 1 unspecified atom stereocenters. The molecule has 0 aliphatic rings. The van der Waals surface area contributed by atoms with Crippen LogP contribution < -0.4 is 5.32 Å². The number of nitrogens with one attached hydrogen (secondary N) is 2. The third kappa shape index (κ3) is 6.84. The van der Waals surface area contributed by atoms with E-state index in [2.05, 4.69) is 11.9 Å². The summed E-state index contributed by atoms with van der Waals surface area (Å²) >= 11 is 0. The molecule has 1 atom stereocenters. The van der Waals surface area contributed by atoms with Gasteiger partial charge in [-0.2, -0.15) is 0 Å². The van der Waals surface area contributed by atoms with Gasteiger partial charge >= 0.3 is 0 Å². The van der Waals surface area contributed by atoms with E-state index in [4.69, 9.17) is 5.41 Å². The van der Waals surface area contributed by atoms with Crippen molar-refractivity contribution in [3.05, 3.63) is 24.9 Å². The minimum atomic E-state index is 0.325. The van der Waals surface area contributed by atoms with Gasteiger partial charge in [0.25, 0.3) is 0 Å². The standard InChI is InChI=1S/C9H16N2/c1-3-9(2)11-8-6-4-5-7-10/h3,6-11H,1,4-5H2,2H3/b8-6+,10-7?. The third-order valence-electron chi connectivity index (χ3n) is 1.31. The van der Waals surface area contributed by atoms with Crippen LogP contribution >= 0.6 is 0 Å². The van der Waals surface area contributed by atoms with Crippen molar-refractivity contribution in [3.63, 3.8) is 0 Å². The Balaban J connectivity index is 3.28. The highest BCUT2D eigenvalue weighted by atomic mass is 14.9. The molecule has 0 bridgehead atoms. The third-order valence-corrected chi connectivity index (χ3v) is 1.31. The summed E-state index contributed by atoms with van der Waals surface area (Å²) in [5.74, 6) is 0. The van der Waals surface area contributed by atoms with Gasteiger partial charge in [-0.3, -0.25) is 0 Å². The number of hydrogen-bond acceptors (Lipinski definition) is 2. The fraction of sp³-hybridized carbons (Fsp3) is 0.444. The highest BCUT2D eigenvalue weighted by molar-refractivity contribution is 5.52. The largest absolute Gasteiger partial charge is 0.385 e. The van der Waals surface area contributed by atoms with Crippen molar-refractivity contribution in [2.75, 3.05) is 0 Å². The van der Waals surface area contributed by atoms with Gasteiger partial charge in [0.1, 0.15) is 0 Å². The smallest absolute Gasteiger partial charge is 0.0407 e. The normalized spacial score (nSPS) is 12.8. The maximum atomic E-state index is 6.76. The van der Waals surface area contributed by atoms with Crippen LogP contribution in [0.4, 0.5) is 0 Å². The summed E-state index contributed by atoms with van der Waals surface area (Å²) in [7, 11) is 0. The maximum absolute atomic E-state index is 6.76. The summed E-state index contributed by atoms with van der Waals surface area (Å²) in [6.45, 7) is 5.68. The molecule has 0 saturated heterocycles. The van der Waals surface area contributed by atoms with Crippen LogP contribution in [-0.4, -0.2) is 12.3 Å². The van der Waals surface area contributed by atoms with Gasteiger partial charge in [0, 0.05) is 6.04 Å². The first kappa shape index (κ1) is 9.95. The molecule has 62 valence electrons. The minimum absolute atomic E-state index is 0.325. The number of unbranched alkanes of at least 4 members (excludes halogenated alkanes) is 1. The van der Waals surface area contributed by atoms with Gasteiger partial charge in [0.05, 0.1) is 0 Å². The Kier molecular flexibility index (Phi) is 6.39. The first-order chi connectivity index (χ1) is 5.31. The molecule has 0 fully saturated rings. The molecule has 0 radical (unpaired) electrons. The molecule has 0 aromatic rings. The van der Waals surface area contributed by atoms with E-state index in [9.17, 15) is 0 Å².